The summed E-state index contributed by atoms with van der Waals surface area (Å²) in [5.74, 6) is 0.555. The second kappa shape index (κ2) is 19.1. The van der Waals surface area contributed by atoms with Crippen molar-refractivity contribution in [1.29, 1.82) is 0 Å². The lowest BCUT2D eigenvalue weighted by molar-refractivity contribution is 0.102. The van der Waals surface area contributed by atoms with Gasteiger partial charge in [-0.25, -0.2) is 0 Å². The zero-order valence-electron chi connectivity index (χ0n) is 25.1. The number of unbranched alkanes of at least 4 members (excludes halogenated alkanes) is 8. The second-order valence-corrected chi connectivity index (χ2v) is 10.2. The number of carbonyl (C=O) groups is 1. The van der Waals surface area contributed by atoms with Crippen LogP contribution in [0.2, 0.25) is 0 Å². The van der Waals surface area contributed by atoms with Crippen LogP contribution in [0, 0.1) is 0 Å². The maximum absolute atomic E-state index is 14.1. The summed E-state index contributed by atoms with van der Waals surface area (Å²) >= 11 is 0. The van der Waals surface area contributed by atoms with Gasteiger partial charge >= 0.3 is 0 Å². The SMILES string of the molecule is CCCCCOc1cc(C(=O)c2cc(OCCCCC)c(O)cc2OCCCCC)c(OCCCCC)cc1O. The number of hydrogen-bond acceptors (Lipinski definition) is 7. The Morgan fingerprint density at radius 2 is 0.800 bits per heavy atom. The number of ether oxygens (including phenoxy) is 4. The molecule has 0 radical (unpaired) electrons. The van der Waals surface area contributed by atoms with E-state index < -0.39 is 0 Å². The van der Waals surface area contributed by atoms with Crippen LogP contribution in [0.1, 0.15) is 121 Å². The summed E-state index contributed by atoms with van der Waals surface area (Å²) in [6.45, 7) is 10.2. The van der Waals surface area contributed by atoms with E-state index in [0.717, 1.165) is 77.0 Å². The van der Waals surface area contributed by atoms with Crippen LogP contribution in [0.3, 0.4) is 0 Å². The van der Waals surface area contributed by atoms with Crippen LogP contribution in [-0.4, -0.2) is 42.4 Å². The Hall–Kier alpha value is -3.09. The monoisotopic (exact) mass is 558 g/mol. The highest BCUT2D eigenvalue weighted by Gasteiger charge is 2.24. The summed E-state index contributed by atoms with van der Waals surface area (Å²) in [5, 5.41) is 21.4. The van der Waals surface area contributed by atoms with Crippen LogP contribution in [0.25, 0.3) is 0 Å². The van der Waals surface area contributed by atoms with E-state index in [4.69, 9.17) is 18.9 Å². The molecule has 0 aliphatic heterocycles. The molecule has 0 fully saturated rings. The Balaban J connectivity index is 2.47. The lowest BCUT2D eigenvalue weighted by Crippen LogP contribution is -2.11. The van der Waals surface area contributed by atoms with E-state index >= 15 is 0 Å². The molecule has 2 aromatic carbocycles. The van der Waals surface area contributed by atoms with Gasteiger partial charge in [0.2, 0.25) is 5.78 Å². The number of ketones is 1. The molecule has 224 valence electrons. The molecule has 2 N–H and O–H groups in total. The highest BCUT2D eigenvalue weighted by Crippen LogP contribution is 2.40. The number of phenols is 2. The third kappa shape index (κ3) is 10.8. The largest absolute Gasteiger partial charge is 0.504 e. The summed E-state index contributed by atoms with van der Waals surface area (Å²) in [6, 6.07) is 6.01. The lowest BCUT2D eigenvalue weighted by atomic mass is 10.00. The van der Waals surface area contributed by atoms with Crippen molar-refractivity contribution in [3.05, 3.63) is 35.4 Å². The number of benzene rings is 2. The van der Waals surface area contributed by atoms with Crippen molar-refractivity contribution in [2.45, 2.75) is 105 Å². The molecular formula is C33H50O7. The third-order valence-electron chi connectivity index (χ3n) is 6.63. The molecule has 0 heterocycles. The van der Waals surface area contributed by atoms with Crippen LogP contribution in [0.15, 0.2) is 24.3 Å². The van der Waals surface area contributed by atoms with Crippen molar-refractivity contribution in [3.8, 4) is 34.5 Å². The molecule has 0 aromatic heterocycles. The van der Waals surface area contributed by atoms with Gasteiger partial charge in [-0.1, -0.05) is 79.1 Å². The molecule has 0 saturated carbocycles. The molecule has 0 saturated heterocycles. The van der Waals surface area contributed by atoms with E-state index in [1.165, 1.54) is 12.1 Å². The molecule has 7 nitrogen and oxygen atoms in total. The van der Waals surface area contributed by atoms with Crippen molar-refractivity contribution in [3.63, 3.8) is 0 Å². The minimum atomic E-state index is -0.354. The van der Waals surface area contributed by atoms with Gasteiger partial charge in [-0.15, -0.1) is 0 Å². The molecule has 7 heteroatoms. The maximum atomic E-state index is 14.1. The van der Waals surface area contributed by atoms with Crippen LogP contribution in [-0.2, 0) is 0 Å². The highest BCUT2D eigenvalue weighted by molar-refractivity contribution is 6.13. The third-order valence-corrected chi connectivity index (χ3v) is 6.63. The average molecular weight is 559 g/mol. The first-order valence-corrected chi connectivity index (χ1v) is 15.3. The van der Waals surface area contributed by atoms with Crippen LogP contribution >= 0.6 is 0 Å². The number of phenolic OH excluding ortho intramolecular Hbond substituents is 2. The summed E-state index contributed by atoms with van der Waals surface area (Å²) in [5.41, 5.74) is 0.529. The van der Waals surface area contributed by atoms with Gasteiger partial charge in [0.05, 0.1) is 37.6 Å². The number of hydrogen-bond donors (Lipinski definition) is 2. The topological polar surface area (TPSA) is 94.5 Å². The Kier molecular flexibility index (Phi) is 15.8. The second-order valence-electron chi connectivity index (χ2n) is 10.2. The summed E-state index contributed by atoms with van der Waals surface area (Å²) in [7, 11) is 0. The van der Waals surface area contributed by atoms with Gasteiger partial charge in [-0.2, -0.15) is 0 Å². The standard InChI is InChI=1S/C33H50O7/c1-5-9-13-17-37-29-23-27(34)31(39-19-15-11-7-3)21-25(29)33(36)26-22-32(40-20-16-12-8-4)28(35)24-30(26)38-18-14-10-6-2/h21-24,34-35H,5-20H2,1-4H3. The predicted molar refractivity (Wildman–Crippen MR) is 160 cm³/mol. The molecule has 2 rings (SSSR count). The van der Waals surface area contributed by atoms with Gasteiger partial charge in [0.25, 0.3) is 0 Å². The van der Waals surface area contributed by atoms with Crippen LogP contribution in [0.5, 0.6) is 34.5 Å². The van der Waals surface area contributed by atoms with Gasteiger partial charge in [0.1, 0.15) is 11.5 Å². The van der Waals surface area contributed by atoms with Crippen molar-refractivity contribution >= 4 is 5.78 Å². The first kappa shape index (κ1) is 33.1. The molecule has 0 bridgehead atoms. The van der Waals surface area contributed by atoms with Crippen LogP contribution in [0.4, 0.5) is 0 Å². The number of rotatable bonds is 22. The average Bonchev–Trinajstić information content (AvgIpc) is 2.95. The van der Waals surface area contributed by atoms with Gasteiger partial charge in [0.15, 0.2) is 23.0 Å². The van der Waals surface area contributed by atoms with Crippen LogP contribution < -0.4 is 18.9 Å². The first-order chi connectivity index (χ1) is 19.5. The minimum absolute atomic E-state index is 0.0692. The van der Waals surface area contributed by atoms with Gasteiger partial charge in [0, 0.05) is 12.1 Å². The molecule has 40 heavy (non-hydrogen) atoms. The smallest absolute Gasteiger partial charge is 0.200 e. The number of aromatic hydroxyl groups is 2. The van der Waals surface area contributed by atoms with Crippen molar-refractivity contribution in [2.24, 2.45) is 0 Å². The van der Waals surface area contributed by atoms with E-state index in [0.29, 0.717) is 26.4 Å². The van der Waals surface area contributed by atoms with Crippen molar-refractivity contribution < 1.29 is 34.0 Å². The summed E-state index contributed by atoms with van der Waals surface area (Å²) in [6.07, 6.45) is 11.6. The van der Waals surface area contributed by atoms with E-state index in [2.05, 4.69) is 27.7 Å². The Labute approximate surface area is 240 Å². The molecule has 0 aliphatic rings. The quantitative estimate of drug-likeness (QED) is 0.110. The first-order valence-electron chi connectivity index (χ1n) is 15.3. The molecule has 0 atom stereocenters. The summed E-state index contributed by atoms with van der Waals surface area (Å²) in [4.78, 5) is 14.1. The zero-order chi connectivity index (χ0) is 29.2. The fraction of sp³-hybridized carbons (Fsp3) is 0.606. The Bertz CT molecular complexity index is 939. The number of carbonyl (C=O) groups excluding carboxylic acids is 1. The molecule has 0 spiro atoms. The summed E-state index contributed by atoms with van der Waals surface area (Å²) < 4.78 is 23.7. The highest BCUT2D eigenvalue weighted by atomic mass is 16.5. The predicted octanol–water partition coefficient (Wildman–Crippen LogP) is 8.60. The van der Waals surface area contributed by atoms with E-state index in [1.807, 2.05) is 0 Å². The van der Waals surface area contributed by atoms with Crippen molar-refractivity contribution in [2.75, 3.05) is 26.4 Å². The van der Waals surface area contributed by atoms with E-state index in [1.54, 1.807) is 12.1 Å². The molecule has 0 unspecified atom stereocenters. The molecular weight excluding hydrogens is 508 g/mol. The fourth-order valence-corrected chi connectivity index (χ4v) is 4.21. The Morgan fingerprint density at radius 1 is 0.500 bits per heavy atom. The molecule has 0 aliphatic carbocycles. The molecule has 0 amide bonds. The maximum Gasteiger partial charge on any atom is 0.200 e. The van der Waals surface area contributed by atoms with E-state index in [9.17, 15) is 15.0 Å². The van der Waals surface area contributed by atoms with Gasteiger partial charge < -0.3 is 29.2 Å². The fourth-order valence-electron chi connectivity index (χ4n) is 4.21. The van der Waals surface area contributed by atoms with E-state index in [-0.39, 0.29) is 51.4 Å². The normalized spacial score (nSPS) is 10.9. The Morgan fingerprint density at radius 3 is 1.10 bits per heavy atom. The van der Waals surface area contributed by atoms with Gasteiger partial charge in [-0.05, 0) is 37.8 Å². The molecule has 2 aromatic rings. The van der Waals surface area contributed by atoms with Crippen molar-refractivity contribution in [1.82, 2.24) is 0 Å². The van der Waals surface area contributed by atoms with Gasteiger partial charge in [-0.3, -0.25) is 4.79 Å². The lowest BCUT2D eigenvalue weighted by Gasteiger charge is -2.18. The minimum Gasteiger partial charge on any atom is -0.504 e. The zero-order valence-corrected chi connectivity index (χ0v) is 25.1.